The molecule has 2 heterocycles. The van der Waals surface area contributed by atoms with E-state index in [4.69, 9.17) is 18.9 Å². The molecule has 14 heteroatoms. The number of carbonyl (C=O) groups is 1. The molecule has 9 N–H and O–H groups in total. The lowest BCUT2D eigenvalue weighted by Gasteiger charge is -2.46. The minimum atomic E-state index is -1.80. The van der Waals surface area contributed by atoms with Crippen LogP contribution in [-0.4, -0.2) is 140 Å². The van der Waals surface area contributed by atoms with Crippen LogP contribution in [0.2, 0.25) is 0 Å². The normalized spacial score (nSPS) is 25.1. The Hall–Kier alpha value is -4.39. The van der Waals surface area contributed by atoms with Gasteiger partial charge in [-0.1, -0.05) is 210 Å². The van der Waals surface area contributed by atoms with Crippen LogP contribution in [0.1, 0.15) is 168 Å². The van der Waals surface area contributed by atoms with Gasteiger partial charge < -0.3 is 65.1 Å². The molecule has 2 aliphatic rings. The lowest BCUT2D eigenvalue weighted by Crippen LogP contribution is -2.65. The number of aliphatic hydroxyl groups excluding tert-OH is 8. The van der Waals surface area contributed by atoms with Crippen LogP contribution in [0.5, 0.6) is 0 Å². The van der Waals surface area contributed by atoms with Crippen molar-refractivity contribution in [3.63, 3.8) is 0 Å². The number of ether oxygens (including phenoxy) is 4. The first-order valence-electron chi connectivity index (χ1n) is 30.7. The lowest BCUT2D eigenvalue weighted by molar-refractivity contribution is -0.359. The van der Waals surface area contributed by atoms with Crippen LogP contribution in [0.4, 0.5) is 0 Å². The number of allylic oxidation sites excluding steroid dienone is 25. The van der Waals surface area contributed by atoms with Gasteiger partial charge in [-0.3, -0.25) is 4.79 Å². The van der Waals surface area contributed by atoms with Crippen molar-refractivity contribution in [1.29, 1.82) is 0 Å². The van der Waals surface area contributed by atoms with Crippen LogP contribution in [0.3, 0.4) is 0 Å². The maximum atomic E-state index is 13.2. The van der Waals surface area contributed by atoms with Crippen LogP contribution in [0.25, 0.3) is 0 Å². The second-order valence-corrected chi connectivity index (χ2v) is 20.7. The molecule has 82 heavy (non-hydrogen) atoms. The summed E-state index contributed by atoms with van der Waals surface area (Å²) in [6, 6.07) is -0.948. The van der Waals surface area contributed by atoms with E-state index in [0.717, 1.165) is 116 Å². The van der Waals surface area contributed by atoms with Crippen LogP contribution in [-0.2, 0) is 23.7 Å². The fraction of sp³-hybridized carbons (Fsp3) is 0.603. The van der Waals surface area contributed by atoms with E-state index in [-0.39, 0.29) is 18.9 Å². The van der Waals surface area contributed by atoms with E-state index in [2.05, 4.69) is 165 Å². The van der Waals surface area contributed by atoms with E-state index in [1.54, 1.807) is 6.08 Å². The second kappa shape index (κ2) is 51.1. The van der Waals surface area contributed by atoms with E-state index in [0.29, 0.717) is 6.42 Å². The van der Waals surface area contributed by atoms with Crippen molar-refractivity contribution in [2.75, 3.05) is 19.8 Å². The molecule has 14 nitrogen and oxygen atoms in total. The summed E-state index contributed by atoms with van der Waals surface area (Å²) in [5, 5.41) is 86.7. The summed E-state index contributed by atoms with van der Waals surface area (Å²) in [7, 11) is 0. The van der Waals surface area contributed by atoms with Crippen LogP contribution in [0.15, 0.2) is 158 Å². The zero-order valence-corrected chi connectivity index (χ0v) is 49.7. The first-order valence-corrected chi connectivity index (χ1v) is 30.7. The van der Waals surface area contributed by atoms with Crippen molar-refractivity contribution in [2.45, 2.75) is 242 Å². The van der Waals surface area contributed by atoms with E-state index < -0.39 is 86.8 Å². The van der Waals surface area contributed by atoms with Crippen molar-refractivity contribution in [2.24, 2.45) is 0 Å². The molecule has 462 valence electrons. The number of carbonyl (C=O) groups excluding carboxylic acids is 1. The molecule has 0 saturated carbocycles. The van der Waals surface area contributed by atoms with Crippen molar-refractivity contribution in [3.8, 4) is 0 Å². The van der Waals surface area contributed by atoms with Crippen LogP contribution in [0, 0.1) is 0 Å². The monoisotopic (exact) mass is 1150 g/mol. The smallest absolute Gasteiger partial charge is 0.220 e. The van der Waals surface area contributed by atoms with Gasteiger partial charge in [-0.2, -0.15) is 0 Å². The molecule has 0 aromatic rings. The number of nitrogens with one attached hydrogen (secondary N) is 1. The number of amides is 1. The second-order valence-electron chi connectivity index (χ2n) is 20.7. The van der Waals surface area contributed by atoms with Gasteiger partial charge in [0.2, 0.25) is 5.91 Å². The molecule has 0 aromatic carbocycles. The molecule has 0 bridgehead atoms. The Labute approximate surface area is 493 Å². The minimum absolute atomic E-state index is 0.214. The van der Waals surface area contributed by atoms with Gasteiger partial charge >= 0.3 is 0 Å². The Morgan fingerprint density at radius 1 is 0.451 bits per heavy atom. The highest BCUT2D eigenvalue weighted by Gasteiger charge is 2.51. The summed E-state index contributed by atoms with van der Waals surface area (Å²) in [6.45, 7) is 2.57. The molecule has 12 unspecified atom stereocenters. The van der Waals surface area contributed by atoms with Gasteiger partial charge in [0.15, 0.2) is 12.6 Å². The van der Waals surface area contributed by atoms with Crippen molar-refractivity contribution < 1.29 is 64.6 Å². The molecule has 12 atom stereocenters. The van der Waals surface area contributed by atoms with Gasteiger partial charge in [0.1, 0.15) is 48.8 Å². The minimum Gasteiger partial charge on any atom is -0.394 e. The predicted octanol–water partition coefficient (Wildman–Crippen LogP) is 11.1. The highest BCUT2D eigenvalue weighted by molar-refractivity contribution is 5.76. The van der Waals surface area contributed by atoms with E-state index in [1.807, 2.05) is 6.08 Å². The summed E-state index contributed by atoms with van der Waals surface area (Å²) >= 11 is 0. The number of rotatable bonds is 46. The maximum Gasteiger partial charge on any atom is 0.220 e. The molecule has 2 fully saturated rings. The Balaban J connectivity index is 1.65. The van der Waals surface area contributed by atoms with Gasteiger partial charge in [-0.25, -0.2) is 0 Å². The van der Waals surface area contributed by atoms with Crippen molar-refractivity contribution >= 4 is 5.91 Å². The third kappa shape index (κ3) is 35.7. The van der Waals surface area contributed by atoms with Crippen molar-refractivity contribution in [1.82, 2.24) is 5.32 Å². The Morgan fingerprint density at radius 2 is 0.841 bits per heavy atom. The Morgan fingerprint density at radius 3 is 1.29 bits per heavy atom. The molecule has 1 amide bonds. The van der Waals surface area contributed by atoms with Crippen LogP contribution < -0.4 is 5.32 Å². The summed E-state index contributed by atoms with van der Waals surface area (Å²) in [4.78, 5) is 13.2. The first-order chi connectivity index (χ1) is 40.1. The van der Waals surface area contributed by atoms with Gasteiger partial charge in [0, 0.05) is 6.42 Å². The highest BCUT2D eigenvalue weighted by atomic mass is 16.7. The number of hydrogen-bond donors (Lipinski definition) is 9. The fourth-order valence-corrected chi connectivity index (χ4v) is 8.80. The third-order valence-electron chi connectivity index (χ3n) is 13.7. The fourth-order valence-electron chi connectivity index (χ4n) is 8.80. The summed E-state index contributed by atoms with van der Waals surface area (Å²) in [6.07, 6.45) is 61.8. The zero-order valence-electron chi connectivity index (χ0n) is 49.7. The average Bonchev–Trinajstić information content (AvgIpc) is 3.38. The topological polar surface area (TPSA) is 228 Å². The molecule has 2 rings (SSSR count). The van der Waals surface area contributed by atoms with Crippen LogP contribution >= 0.6 is 0 Å². The standard InChI is InChI=1S/C68H107NO13/c1-3-5-7-9-11-13-14-15-16-17-18-19-20-21-22-23-24-25-26-27-28-29-30-31-32-33-34-35-36-37-38-39-40-41-42-44-46-48-50-52-60(73)69-56(57(72)51-49-47-45-43-12-10-8-6-4-2)55-79-67-65(78)63(76)66(59(54-71)81-67)82-68-64(77)62(75)61(74)58(53-70)80-68/h5,7,11,13,15-16,18-19,21-22,24-25,27-28,30-31,33-34,36-37,39-40,42,44,49,51,56-59,61-68,70-72,74-78H,3-4,6,8-10,12,14,17,20,23,26,29,32,35,38,41,43,45-48,50,52-55H2,1-2H3,(H,69,73)/b7-5-,13-11-,16-15-,19-18-,22-21-,25-24-,28-27-,31-30-,34-33-,37-36-,40-39-,44-42-,51-49+. The summed E-state index contributed by atoms with van der Waals surface area (Å²) in [5.74, 6) is -0.292. The van der Waals surface area contributed by atoms with E-state index >= 15 is 0 Å². The van der Waals surface area contributed by atoms with E-state index in [9.17, 15) is 45.6 Å². The number of hydrogen-bond acceptors (Lipinski definition) is 13. The van der Waals surface area contributed by atoms with Crippen molar-refractivity contribution in [3.05, 3.63) is 158 Å². The largest absolute Gasteiger partial charge is 0.394 e. The molecule has 2 aliphatic heterocycles. The molecule has 0 radical (unpaired) electrons. The Kier molecular flexibility index (Phi) is 45.9. The number of unbranched alkanes of at least 4 members (excludes halogenated alkanes) is 9. The third-order valence-corrected chi connectivity index (χ3v) is 13.7. The first kappa shape index (κ1) is 73.7. The molecular weight excluding hydrogens is 1040 g/mol. The zero-order chi connectivity index (χ0) is 59.5. The van der Waals surface area contributed by atoms with Gasteiger partial charge in [0.25, 0.3) is 0 Å². The molecule has 0 spiro atoms. The molecule has 0 aromatic heterocycles. The lowest BCUT2D eigenvalue weighted by atomic mass is 9.97. The summed E-state index contributed by atoms with van der Waals surface area (Å²) in [5.41, 5.74) is 0. The quantitative estimate of drug-likeness (QED) is 0.0204. The van der Waals surface area contributed by atoms with Gasteiger partial charge in [0.05, 0.1) is 32.0 Å². The SMILES string of the molecule is CC/C=C\C/C=C\C/C=C\C/C=C\C/C=C\C/C=C\C/C=C\C/C=C\C/C=C\C/C=C\C/C=C\C/C=C\CCCCC(=O)NC(COC1OC(CO)C(OC2OC(CO)C(O)C(O)C2O)C(O)C1O)C(O)/C=C/CCCCCCCCC. The maximum absolute atomic E-state index is 13.2. The average molecular weight is 1150 g/mol. The van der Waals surface area contributed by atoms with Gasteiger partial charge in [-0.15, -0.1) is 0 Å². The Bertz CT molecular complexity index is 1980. The predicted molar refractivity (Wildman–Crippen MR) is 331 cm³/mol. The number of aliphatic hydroxyl groups is 8. The molecular formula is C68H107NO13. The molecule has 2 saturated heterocycles. The highest BCUT2D eigenvalue weighted by Crippen LogP contribution is 2.30. The van der Waals surface area contributed by atoms with Gasteiger partial charge in [-0.05, 0) is 109 Å². The van der Waals surface area contributed by atoms with E-state index in [1.165, 1.54) is 25.7 Å². The summed E-state index contributed by atoms with van der Waals surface area (Å²) < 4.78 is 22.7. The molecule has 0 aliphatic carbocycles.